The maximum Gasteiger partial charge on any atom is 0.168 e. The lowest BCUT2D eigenvalue weighted by molar-refractivity contribution is 0.298. The van der Waals surface area contributed by atoms with E-state index in [1.807, 2.05) is 11.9 Å². The Kier molecular flexibility index (Phi) is 6.25. The lowest BCUT2D eigenvalue weighted by atomic mass is 10.2. The number of benzene rings is 1. The summed E-state index contributed by atoms with van der Waals surface area (Å²) in [5.41, 5.74) is 0.354. The summed E-state index contributed by atoms with van der Waals surface area (Å²) in [6, 6.07) is 2.25. The maximum absolute atomic E-state index is 14.0. The molecular weight excluding hydrogens is 312 g/mol. The SMILES string of the molecule is CN1CCN(c2cc(OCCC[S+](N)[O-])c(F)cc2F)CC1. The van der Waals surface area contributed by atoms with Crippen molar-refractivity contribution in [1.82, 2.24) is 4.90 Å². The van der Waals surface area contributed by atoms with Crippen LogP contribution in [0.5, 0.6) is 5.75 Å². The smallest absolute Gasteiger partial charge is 0.168 e. The van der Waals surface area contributed by atoms with Crippen LogP contribution in [0, 0.1) is 11.6 Å². The normalized spacial score (nSPS) is 17.6. The number of hydrogen-bond acceptors (Lipinski definition) is 5. The van der Waals surface area contributed by atoms with Crippen LogP contribution < -0.4 is 14.8 Å². The Hall–Kier alpha value is -1.09. The van der Waals surface area contributed by atoms with Gasteiger partial charge in [0.2, 0.25) is 0 Å². The first kappa shape index (κ1) is 17.3. The van der Waals surface area contributed by atoms with Gasteiger partial charge in [0, 0.05) is 56.1 Å². The quantitative estimate of drug-likeness (QED) is 0.624. The molecule has 1 aliphatic rings. The topological polar surface area (TPSA) is 64.8 Å². The molecule has 124 valence electrons. The van der Waals surface area contributed by atoms with Crippen molar-refractivity contribution in [2.24, 2.45) is 5.14 Å². The minimum atomic E-state index is -1.39. The van der Waals surface area contributed by atoms with E-state index in [1.165, 1.54) is 6.07 Å². The van der Waals surface area contributed by atoms with E-state index < -0.39 is 23.0 Å². The molecule has 0 saturated carbocycles. The second kappa shape index (κ2) is 7.96. The molecule has 2 N–H and O–H groups in total. The van der Waals surface area contributed by atoms with E-state index in [-0.39, 0.29) is 18.1 Å². The van der Waals surface area contributed by atoms with Crippen molar-refractivity contribution in [1.29, 1.82) is 0 Å². The molecule has 1 unspecified atom stereocenters. The molecule has 1 saturated heterocycles. The van der Waals surface area contributed by atoms with Crippen molar-refractivity contribution in [3.8, 4) is 5.75 Å². The number of anilines is 1. The van der Waals surface area contributed by atoms with Crippen molar-refractivity contribution < 1.29 is 18.1 Å². The Labute approximate surface area is 132 Å². The Morgan fingerprint density at radius 3 is 2.55 bits per heavy atom. The van der Waals surface area contributed by atoms with Gasteiger partial charge in [0.05, 0.1) is 12.3 Å². The zero-order valence-electron chi connectivity index (χ0n) is 12.6. The fourth-order valence-corrected chi connectivity index (χ4v) is 2.70. The first-order chi connectivity index (χ1) is 10.5. The molecule has 8 heteroatoms. The fraction of sp³-hybridized carbons (Fsp3) is 0.571. The summed E-state index contributed by atoms with van der Waals surface area (Å²) in [5, 5.41) is 5.14. The molecule has 0 aromatic heterocycles. The molecule has 0 amide bonds. The zero-order chi connectivity index (χ0) is 16.1. The van der Waals surface area contributed by atoms with Crippen LogP contribution in [0.15, 0.2) is 12.1 Å². The molecule has 1 aromatic rings. The Morgan fingerprint density at radius 1 is 1.23 bits per heavy atom. The van der Waals surface area contributed by atoms with Gasteiger partial charge in [-0.25, -0.2) is 8.78 Å². The highest BCUT2D eigenvalue weighted by atomic mass is 32.2. The van der Waals surface area contributed by atoms with Gasteiger partial charge in [0.15, 0.2) is 11.6 Å². The van der Waals surface area contributed by atoms with Crippen molar-refractivity contribution in [3.63, 3.8) is 0 Å². The number of halogens is 2. The average Bonchev–Trinajstić information content (AvgIpc) is 2.46. The summed E-state index contributed by atoms with van der Waals surface area (Å²) >= 11 is -1.39. The third-order valence-electron chi connectivity index (χ3n) is 3.59. The number of ether oxygens (including phenoxy) is 1. The van der Waals surface area contributed by atoms with E-state index in [0.717, 1.165) is 19.2 Å². The van der Waals surface area contributed by atoms with Gasteiger partial charge < -0.3 is 19.1 Å². The van der Waals surface area contributed by atoms with Crippen LogP contribution in [0.4, 0.5) is 14.5 Å². The Morgan fingerprint density at radius 2 is 1.91 bits per heavy atom. The molecule has 0 radical (unpaired) electrons. The number of likely N-dealkylation sites (N-methyl/N-ethyl adjacent to an activating group) is 1. The summed E-state index contributed by atoms with van der Waals surface area (Å²) in [6.07, 6.45) is 0.448. The van der Waals surface area contributed by atoms with Crippen LogP contribution in [-0.4, -0.2) is 55.0 Å². The van der Waals surface area contributed by atoms with Crippen LogP contribution in [-0.2, 0) is 11.4 Å². The minimum Gasteiger partial charge on any atom is -0.598 e. The van der Waals surface area contributed by atoms with Crippen LogP contribution in [0.2, 0.25) is 0 Å². The standard InChI is InChI=1S/C14H21F2N3O2S/c1-18-3-5-19(6-4-18)13-10-14(12(16)9-11(13)15)21-7-2-8-22(17)20/h9-10H,2-8,17H2,1H3. The highest BCUT2D eigenvalue weighted by Crippen LogP contribution is 2.29. The van der Waals surface area contributed by atoms with E-state index >= 15 is 0 Å². The molecule has 2 rings (SSSR count). The summed E-state index contributed by atoms with van der Waals surface area (Å²) in [6.45, 7) is 3.22. The predicted molar refractivity (Wildman–Crippen MR) is 83.4 cm³/mol. The molecule has 1 aliphatic heterocycles. The van der Waals surface area contributed by atoms with E-state index in [2.05, 4.69) is 4.90 Å². The van der Waals surface area contributed by atoms with Gasteiger partial charge in [-0.2, -0.15) is 5.14 Å². The van der Waals surface area contributed by atoms with Gasteiger partial charge in [0.1, 0.15) is 11.6 Å². The second-order valence-corrected chi connectivity index (χ2v) is 6.48. The predicted octanol–water partition coefficient (Wildman–Crippen LogP) is 1.11. The Balaban J connectivity index is 2.03. The number of nitrogens with two attached hydrogens (primary N) is 1. The van der Waals surface area contributed by atoms with Crippen molar-refractivity contribution in [2.45, 2.75) is 6.42 Å². The number of hydrogen-bond donors (Lipinski definition) is 1. The van der Waals surface area contributed by atoms with E-state index in [0.29, 0.717) is 25.2 Å². The summed E-state index contributed by atoms with van der Waals surface area (Å²) in [5.74, 6) is -1.02. The van der Waals surface area contributed by atoms with Crippen LogP contribution >= 0.6 is 0 Å². The lowest BCUT2D eigenvalue weighted by Gasteiger charge is -2.34. The number of piperazine rings is 1. The average molecular weight is 333 g/mol. The zero-order valence-corrected chi connectivity index (χ0v) is 13.4. The minimum absolute atomic E-state index is 0.0122. The van der Waals surface area contributed by atoms with Crippen molar-refractivity contribution in [3.05, 3.63) is 23.8 Å². The molecule has 1 fully saturated rings. The fourth-order valence-electron chi connectivity index (χ4n) is 2.30. The second-order valence-electron chi connectivity index (χ2n) is 5.31. The van der Waals surface area contributed by atoms with E-state index in [1.54, 1.807) is 0 Å². The molecule has 1 heterocycles. The van der Waals surface area contributed by atoms with Gasteiger partial charge in [0.25, 0.3) is 0 Å². The molecule has 1 atom stereocenters. The van der Waals surface area contributed by atoms with Gasteiger partial charge in [-0.05, 0) is 7.05 Å². The third kappa shape index (κ3) is 4.70. The summed E-state index contributed by atoms with van der Waals surface area (Å²) in [4.78, 5) is 4.04. The monoisotopic (exact) mass is 333 g/mol. The summed E-state index contributed by atoms with van der Waals surface area (Å²) < 4.78 is 43.8. The number of rotatable bonds is 6. The molecule has 22 heavy (non-hydrogen) atoms. The molecule has 0 bridgehead atoms. The van der Waals surface area contributed by atoms with Crippen molar-refractivity contribution in [2.75, 3.05) is 50.5 Å². The van der Waals surface area contributed by atoms with E-state index in [9.17, 15) is 13.3 Å². The summed E-state index contributed by atoms with van der Waals surface area (Å²) in [7, 11) is 2.01. The van der Waals surface area contributed by atoms with Gasteiger partial charge >= 0.3 is 0 Å². The Bertz CT molecular complexity index is 497. The maximum atomic E-state index is 14.0. The van der Waals surface area contributed by atoms with Gasteiger partial charge in [-0.3, -0.25) is 0 Å². The van der Waals surface area contributed by atoms with E-state index in [4.69, 9.17) is 9.88 Å². The molecule has 0 aliphatic carbocycles. The van der Waals surface area contributed by atoms with Crippen LogP contribution in [0.3, 0.4) is 0 Å². The van der Waals surface area contributed by atoms with Gasteiger partial charge in [-0.1, -0.05) is 0 Å². The van der Waals surface area contributed by atoms with Crippen LogP contribution in [0.1, 0.15) is 6.42 Å². The largest absolute Gasteiger partial charge is 0.598 e. The first-order valence-electron chi connectivity index (χ1n) is 7.15. The molecule has 0 spiro atoms. The van der Waals surface area contributed by atoms with Gasteiger partial charge in [-0.15, -0.1) is 0 Å². The highest BCUT2D eigenvalue weighted by molar-refractivity contribution is 7.89. The highest BCUT2D eigenvalue weighted by Gasteiger charge is 2.20. The van der Waals surface area contributed by atoms with Crippen molar-refractivity contribution >= 4 is 17.0 Å². The molecular formula is C14H21F2N3O2S. The number of nitrogens with zero attached hydrogens (tertiary/aromatic N) is 2. The molecule has 5 nitrogen and oxygen atoms in total. The third-order valence-corrected chi connectivity index (χ3v) is 4.28. The first-order valence-corrected chi connectivity index (χ1v) is 8.53. The van der Waals surface area contributed by atoms with Crippen LogP contribution in [0.25, 0.3) is 0 Å². The molecule has 1 aromatic carbocycles. The lowest BCUT2D eigenvalue weighted by Crippen LogP contribution is -2.44.